The molecule has 2 fully saturated rings. The Balaban J connectivity index is 0.00000176. The SMILES string of the molecule is Cl.O=[N+]([O-])c1ccn(C2CCN(CC3CCCNC3)CC2)n1. The lowest BCUT2D eigenvalue weighted by Gasteiger charge is -2.34. The Hall–Kier alpha value is -1.18. The minimum atomic E-state index is -0.429. The summed E-state index contributed by atoms with van der Waals surface area (Å²) in [5, 5.41) is 18.2. The zero-order chi connectivity index (χ0) is 14.7. The molecule has 2 saturated heterocycles. The van der Waals surface area contributed by atoms with Crippen LogP contribution in [0.5, 0.6) is 0 Å². The third-order valence-electron chi connectivity index (χ3n) is 4.63. The highest BCUT2D eigenvalue weighted by atomic mass is 35.5. The number of rotatable bonds is 4. The minimum absolute atomic E-state index is 0. The van der Waals surface area contributed by atoms with E-state index in [-0.39, 0.29) is 18.2 Å². The first kappa shape index (κ1) is 17.2. The van der Waals surface area contributed by atoms with E-state index in [1.54, 1.807) is 10.9 Å². The molecule has 2 aliphatic heterocycles. The lowest BCUT2D eigenvalue weighted by atomic mass is 9.97. The lowest BCUT2D eigenvalue weighted by molar-refractivity contribution is -0.389. The van der Waals surface area contributed by atoms with Crippen molar-refractivity contribution in [2.24, 2.45) is 5.92 Å². The largest absolute Gasteiger partial charge is 0.389 e. The molecule has 0 saturated carbocycles. The second kappa shape index (κ2) is 7.89. The van der Waals surface area contributed by atoms with Crippen molar-refractivity contribution in [3.8, 4) is 0 Å². The van der Waals surface area contributed by atoms with E-state index < -0.39 is 4.92 Å². The Morgan fingerprint density at radius 1 is 1.36 bits per heavy atom. The van der Waals surface area contributed by atoms with Crippen LogP contribution in [-0.2, 0) is 0 Å². The first-order valence-electron chi connectivity index (χ1n) is 7.85. The second-order valence-electron chi connectivity index (χ2n) is 6.16. The summed E-state index contributed by atoms with van der Waals surface area (Å²) in [5.41, 5.74) is 0. The number of nitrogens with one attached hydrogen (secondary N) is 1. The van der Waals surface area contributed by atoms with Crippen LogP contribution in [0.4, 0.5) is 5.82 Å². The van der Waals surface area contributed by atoms with E-state index in [0.717, 1.165) is 44.9 Å². The summed E-state index contributed by atoms with van der Waals surface area (Å²) < 4.78 is 1.78. The van der Waals surface area contributed by atoms with Gasteiger partial charge in [-0.2, -0.15) is 4.68 Å². The molecule has 3 heterocycles. The number of nitro groups is 1. The normalized spacial score (nSPS) is 23.9. The van der Waals surface area contributed by atoms with Gasteiger partial charge < -0.3 is 20.3 Å². The summed E-state index contributed by atoms with van der Waals surface area (Å²) in [5.74, 6) is 0.729. The zero-order valence-corrected chi connectivity index (χ0v) is 13.5. The molecule has 1 N–H and O–H groups in total. The number of nitrogens with zero attached hydrogens (tertiary/aromatic N) is 4. The van der Waals surface area contributed by atoms with Gasteiger partial charge in [-0.15, -0.1) is 12.4 Å². The standard InChI is InChI=1S/C14H23N5O2.ClH/c20-19(21)14-5-9-18(16-14)13-3-7-17(8-4-13)11-12-2-1-6-15-10-12;/h5,9,12-13,15H,1-4,6-8,10-11H2;1H. The van der Waals surface area contributed by atoms with Crippen LogP contribution in [0, 0.1) is 16.0 Å². The van der Waals surface area contributed by atoms with E-state index in [1.807, 2.05) is 0 Å². The van der Waals surface area contributed by atoms with Gasteiger partial charge >= 0.3 is 5.82 Å². The molecule has 0 spiro atoms. The maximum atomic E-state index is 10.7. The van der Waals surface area contributed by atoms with Crippen LogP contribution < -0.4 is 5.32 Å². The highest BCUT2D eigenvalue weighted by Gasteiger charge is 2.26. The summed E-state index contributed by atoms with van der Waals surface area (Å²) in [6.45, 7) is 5.62. The molecule has 0 bridgehead atoms. The molecule has 1 aromatic heterocycles. The number of hydrogen-bond donors (Lipinski definition) is 1. The fourth-order valence-electron chi connectivity index (χ4n) is 3.44. The quantitative estimate of drug-likeness (QED) is 0.674. The number of halogens is 1. The van der Waals surface area contributed by atoms with E-state index in [1.165, 1.54) is 25.5 Å². The van der Waals surface area contributed by atoms with Gasteiger partial charge in [0, 0.05) is 19.6 Å². The molecule has 124 valence electrons. The third kappa shape index (κ3) is 4.18. The fourth-order valence-corrected chi connectivity index (χ4v) is 3.44. The van der Waals surface area contributed by atoms with Crippen LogP contribution in [0.2, 0.25) is 0 Å². The number of piperidine rings is 2. The second-order valence-corrected chi connectivity index (χ2v) is 6.16. The van der Waals surface area contributed by atoms with Crippen molar-refractivity contribution in [1.29, 1.82) is 0 Å². The minimum Gasteiger partial charge on any atom is -0.358 e. The predicted octanol–water partition coefficient (Wildman–Crippen LogP) is 1.85. The molecule has 0 radical (unpaired) electrons. The van der Waals surface area contributed by atoms with Crippen molar-refractivity contribution in [2.45, 2.75) is 31.7 Å². The monoisotopic (exact) mass is 329 g/mol. The molecule has 0 aliphatic carbocycles. The van der Waals surface area contributed by atoms with Gasteiger partial charge in [0.05, 0.1) is 23.4 Å². The maximum absolute atomic E-state index is 10.7. The topological polar surface area (TPSA) is 76.2 Å². The molecule has 22 heavy (non-hydrogen) atoms. The van der Waals surface area contributed by atoms with E-state index in [2.05, 4.69) is 15.3 Å². The van der Waals surface area contributed by atoms with Gasteiger partial charge in [0.1, 0.15) is 0 Å². The van der Waals surface area contributed by atoms with E-state index in [4.69, 9.17) is 0 Å². The molecule has 1 atom stereocenters. The molecule has 0 amide bonds. The van der Waals surface area contributed by atoms with E-state index >= 15 is 0 Å². The summed E-state index contributed by atoms with van der Waals surface area (Å²) in [6, 6.07) is 1.79. The lowest BCUT2D eigenvalue weighted by Crippen LogP contribution is -2.42. The Kier molecular flexibility index (Phi) is 6.16. The predicted molar refractivity (Wildman–Crippen MR) is 86.4 cm³/mol. The summed E-state index contributed by atoms with van der Waals surface area (Å²) in [7, 11) is 0. The smallest absolute Gasteiger partial charge is 0.358 e. The highest BCUT2D eigenvalue weighted by Crippen LogP contribution is 2.24. The van der Waals surface area contributed by atoms with Crippen LogP contribution in [0.15, 0.2) is 12.3 Å². The van der Waals surface area contributed by atoms with Crippen molar-refractivity contribution in [2.75, 3.05) is 32.7 Å². The third-order valence-corrected chi connectivity index (χ3v) is 4.63. The molecular weight excluding hydrogens is 306 g/mol. The van der Waals surface area contributed by atoms with Gasteiger partial charge in [-0.1, -0.05) is 0 Å². The van der Waals surface area contributed by atoms with Crippen LogP contribution in [-0.4, -0.2) is 52.3 Å². The van der Waals surface area contributed by atoms with Gasteiger partial charge in [-0.25, -0.2) is 0 Å². The van der Waals surface area contributed by atoms with Crippen molar-refractivity contribution >= 4 is 18.2 Å². The number of hydrogen-bond acceptors (Lipinski definition) is 5. The molecule has 1 unspecified atom stereocenters. The summed E-state index contributed by atoms with van der Waals surface area (Å²) in [6.07, 6.45) is 6.41. The van der Waals surface area contributed by atoms with Crippen molar-refractivity contribution < 1.29 is 4.92 Å². The van der Waals surface area contributed by atoms with Crippen LogP contribution in [0.1, 0.15) is 31.7 Å². The summed E-state index contributed by atoms with van der Waals surface area (Å²) >= 11 is 0. The number of likely N-dealkylation sites (tertiary alicyclic amines) is 1. The van der Waals surface area contributed by atoms with Crippen LogP contribution >= 0.6 is 12.4 Å². The van der Waals surface area contributed by atoms with Gasteiger partial charge in [0.15, 0.2) is 0 Å². The average Bonchev–Trinajstić information content (AvgIpc) is 2.99. The molecule has 7 nitrogen and oxygen atoms in total. The van der Waals surface area contributed by atoms with Crippen molar-refractivity contribution in [1.82, 2.24) is 20.0 Å². The fraction of sp³-hybridized carbons (Fsp3) is 0.786. The Bertz CT molecular complexity index is 481. The zero-order valence-electron chi connectivity index (χ0n) is 12.7. The molecule has 0 aromatic carbocycles. The molecule has 1 aromatic rings. The van der Waals surface area contributed by atoms with Crippen molar-refractivity contribution in [3.05, 3.63) is 22.4 Å². The molecule has 8 heteroatoms. The Labute approximate surface area is 136 Å². The highest BCUT2D eigenvalue weighted by molar-refractivity contribution is 5.85. The molecular formula is C14H24ClN5O2. The first-order chi connectivity index (χ1) is 10.2. The first-order valence-corrected chi connectivity index (χ1v) is 7.85. The van der Waals surface area contributed by atoms with Gasteiger partial charge in [0.25, 0.3) is 0 Å². The van der Waals surface area contributed by atoms with Gasteiger partial charge in [-0.3, -0.25) is 0 Å². The molecule has 2 aliphatic rings. The van der Waals surface area contributed by atoms with Crippen molar-refractivity contribution in [3.63, 3.8) is 0 Å². The summed E-state index contributed by atoms with van der Waals surface area (Å²) in [4.78, 5) is 12.8. The van der Waals surface area contributed by atoms with Gasteiger partial charge in [0.2, 0.25) is 0 Å². The average molecular weight is 330 g/mol. The Morgan fingerprint density at radius 2 is 2.14 bits per heavy atom. The van der Waals surface area contributed by atoms with E-state index in [9.17, 15) is 10.1 Å². The van der Waals surface area contributed by atoms with Crippen LogP contribution in [0.25, 0.3) is 0 Å². The maximum Gasteiger partial charge on any atom is 0.389 e. The van der Waals surface area contributed by atoms with Crippen LogP contribution in [0.3, 0.4) is 0 Å². The Morgan fingerprint density at radius 3 is 2.73 bits per heavy atom. The van der Waals surface area contributed by atoms with E-state index in [0.29, 0.717) is 6.04 Å². The molecule has 3 rings (SSSR count). The van der Waals surface area contributed by atoms with Gasteiger partial charge in [-0.05, 0) is 49.6 Å². The number of aromatic nitrogens is 2.